The summed E-state index contributed by atoms with van der Waals surface area (Å²) >= 11 is 0. The molecule has 2 atom stereocenters. The van der Waals surface area contributed by atoms with E-state index in [4.69, 9.17) is 0 Å². The molecule has 0 aromatic carbocycles. The van der Waals surface area contributed by atoms with E-state index in [0.717, 1.165) is 18.4 Å². The second kappa shape index (κ2) is 6.91. The van der Waals surface area contributed by atoms with Crippen LogP contribution in [0.3, 0.4) is 0 Å². The second-order valence-corrected chi connectivity index (χ2v) is 7.29. The van der Waals surface area contributed by atoms with Crippen molar-refractivity contribution < 1.29 is 0 Å². The maximum Gasteiger partial charge on any atom is 0.0159 e. The van der Waals surface area contributed by atoms with E-state index < -0.39 is 0 Å². The van der Waals surface area contributed by atoms with Gasteiger partial charge in [0.15, 0.2) is 0 Å². The van der Waals surface area contributed by atoms with Crippen LogP contribution in [0.4, 0.5) is 0 Å². The minimum absolute atomic E-state index is 0.456. The minimum Gasteiger partial charge on any atom is -0.313 e. The van der Waals surface area contributed by atoms with Crippen LogP contribution in [0.2, 0.25) is 0 Å². The van der Waals surface area contributed by atoms with Crippen LogP contribution in [0.15, 0.2) is 0 Å². The van der Waals surface area contributed by atoms with Gasteiger partial charge in [-0.15, -0.1) is 0 Å². The van der Waals surface area contributed by atoms with Gasteiger partial charge < -0.3 is 10.2 Å². The molecule has 0 heterocycles. The molecule has 0 aliphatic heterocycles. The molecule has 0 aromatic rings. The second-order valence-electron chi connectivity index (χ2n) is 7.29. The summed E-state index contributed by atoms with van der Waals surface area (Å²) in [6.45, 7) is 15.3. The number of rotatable bonds is 6. The molecule has 1 N–H and O–H groups in total. The van der Waals surface area contributed by atoms with Gasteiger partial charge in [0.05, 0.1) is 0 Å². The van der Waals surface area contributed by atoms with Gasteiger partial charge in [-0.2, -0.15) is 0 Å². The summed E-state index contributed by atoms with van der Waals surface area (Å²) in [5, 5.41) is 3.76. The number of nitrogens with zero attached hydrogens (tertiary/aromatic N) is 1. The predicted octanol–water partition coefficient (Wildman–Crippen LogP) is 3.38. The Bertz CT molecular complexity index is 235. The van der Waals surface area contributed by atoms with Crippen LogP contribution in [-0.4, -0.2) is 37.6 Å². The van der Waals surface area contributed by atoms with Gasteiger partial charge in [-0.25, -0.2) is 0 Å². The summed E-state index contributed by atoms with van der Waals surface area (Å²) in [5.74, 6) is 1.58. The van der Waals surface area contributed by atoms with Crippen LogP contribution in [0.1, 0.15) is 53.9 Å². The Morgan fingerprint density at radius 3 is 2.56 bits per heavy atom. The highest BCUT2D eigenvalue weighted by Crippen LogP contribution is 2.39. The molecular formula is C16H34N2. The maximum atomic E-state index is 3.76. The Morgan fingerprint density at radius 2 is 2.00 bits per heavy atom. The lowest BCUT2D eigenvalue weighted by Gasteiger charge is -2.46. The number of hydrogen-bond acceptors (Lipinski definition) is 2. The van der Waals surface area contributed by atoms with Crippen molar-refractivity contribution in [3.05, 3.63) is 0 Å². The smallest absolute Gasteiger partial charge is 0.0159 e. The van der Waals surface area contributed by atoms with E-state index in [9.17, 15) is 0 Å². The molecule has 0 spiro atoms. The molecule has 1 saturated carbocycles. The van der Waals surface area contributed by atoms with E-state index in [-0.39, 0.29) is 0 Å². The van der Waals surface area contributed by atoms with Gasteiger partial charge in [0, 0.05) is 19.1 Å². The van der Waals surface area contributed by atoms with E-state index in [1.807, 2.05) is 0 Å². The maximum absolute atomic E-state index is 3.76. The lowest BCUT2D eigenvalue weighted by Crippen LogP contribution is -2.52. The molecule has 0 amide bonds. The highest BCUT2D eigenvalue weighted by Gasteiger charge is 2.38. The first kappa shape index (κ1) is 16.0. The molecule has 108 valence electrons. The first-order chi connectivity index (χ1) is 8.36. The molecule has 1 rings (SSSR count). The van der Waals surface area contributed by atoms with Crippen molar-refractivity contribution in [3.63, 3.8) is 0 Å². The minimum atomic E-state index is 0.456. The third kappa shape index (κ3) is 4.55. The molecule has 1 aliphatic rings. The largest absolute Gasteiger partial charge is 0.313 e. The lowest BCUT2D eigenvalue weighted by molar-refractivity contribution is 0.0838. The van der Waals surface area contributed by atoms with Gasteiger partial charge in [-0.05, 0) is 43.7 Å². The fourth-order valence-electron chi connectivity index (χ4n) is 3.74. The van der Waals surface area contributed by atoms with Crippen molar-refractivity contribution in [2.75, 3.05) is 26.7 Å². The van der Waals surface area contributed by atoms with Crippen molar-refractivity contribution in [1.82, 2.24) is 10.2 Å². The average molecular weight is 254 g/mol. The Hall–Kier alpha value is -0.0800. The van der Waals surface area contributed by atoms with Gasteiger partial charge in [-0.1, -0.05) is 41.0 Å². The fraction of sp³-hybridized carbons (Fsp3) is 1.00. The standard InChI is InChI=1S/C16H34N2/c1-7-17-15-14(9-8-10-16(15,4)5)12-18(6)11-13(2)3/h13-15,17H,7-12H2,1-6H3. The van der Waals surface area contributed by atoms with E-state index in [0.29, 0.717) is 11.5 Å². The summed E-state index contributed by atoms with van der Waals surface area (Å²) < 4.78 is 0. The third-order valence-electron chi connectivity index (χ3n) is 4.36. The van der Waals surface area contributed by atoms with Crippen LogP contribution in [0.5, 0.6) is 0 Å². The molecule has 18 heavy (non-hydrogen) atoms. The summed E-state index contributed by atoms with van der Waals surface area (Å²) in [6, 6.07) is 0.686. The van der Waals surface area contributed by atoms with E-state index in [1.165, 1.54) is 32.4 Å². The zero-order valence-corrected chi connectivity index (χ0v) is 13.4. The molecular weight excluding hydrogens is 220 g/mol. The van der Waals surface area contributed by atoms with Crippen molar-refractivity contribution in [2.45, 2.75) is 59.9 Å². The van der Waals surface area contributed by atoms with Gasteiger partial charge in [-0.3, -0.25) is 0 Å². The van der Waals surface area contributed by atoms with E-state index in [1.54, 1.807) is 0 Å². The summed E-state index contributed by atoms with van der Waals surface area (Å²) in [6.07, 6.45) is 4.16. The first-order valence-corrected chi connectivity index (χ1v) is 7.78. The van der Waals surface area contributed by atoms with Crippen molar-refractivity contribution in [3.8, 4) is 0 Å². The first-order valence-electron chi connectivity index (χ1n) is 7.78. The summed E-state index contributed by atoms with van der Waals surface area (Å²) in [5.41, 5.74) is 0.456. The average Bonchev–Trinajstić information content (AvgIpc) is 2.21. The van der Waals surface area contributed by atoms with Crippen molar-refractivity contribution >= 4 is 0 Å². The molecule has 0 saturated heterocycles. The molecule has 2 unspecified atom stereocenters. The fourth-order valence-corrected chi connectivity index (χ4v) is 3.74. The molecule has 2 nitrogen and oxygen atoms in total. The van der Waals surface area contributed by atoms with Crippen molar-refractivity contribution in [2.24, 2.45) is 17.3 Å². The monoisotopic (exact) mass is 254 g/mol. The number of nitrogens with one attached hydrogen (secondary N) is 1. The molecule has 0 radical (unpaired) electrons. The molecule has 1 aliphatic carbocycles. The Kier molecular flexibility index (Phi) is 6.13. The van der Waals surface area contributed by atoms with Crippen LogP contribution in [0, 0.1) is 17.3 Å². The Balaban J connectivity index is 2.60. The van der Waals surface area contributed by atoms with Crippen LogP contribution >= 0.6 is 0 Å². The molecule has 2 heteroatoms. The highest BCUT2D eigenvalue weighted by atomic mass is 15.1. The third-order valence-corrected chi connectivity index (χ3v) is 4.36. The SMILES string of the molecule is CCNC1C(CN(C)CC(C)C)CCCC1(C)C. The van der Waals surface area contributed by atoms with E-state index >= 15 is 0 Å². The molecule has 1 fully saturated rings. The van der Waals surface area contributed by atoms with Gasteiger partial charge in [0.25, 0.3) is 0 Å². The van der Waals surface area contributed by atoms with E-state index in [2.05, 4.69) is 51.9 Å². The zero-order valence-electron chi connectivity index (χ0n) is 13.4. The Labute approximate surface area is 115 Å². The summed E-state index contributed by atoms with van der Waals surface area (Å²) in [4.78, 5) is 2.53. The van der Waals surface area contributed by atoms with Gasteiger partial charge >= 0.3 is 0 Å². The molecule has 0 aromatic heterocycles. The van der Waals surface area contributed by atoms with Crippen LogP contribution in [-0.2, 0) is 0 Å². The highest BCUT2D eigenvalue weighted by molar-refractivity contribution is 4.94. The lowest BCUT2D eigenvalue weighted by atomic mass is 9.67. The van der Waals surface area contributed by atoms with Crippen LogP contribution in [0.25, 0.3) is 0 Å². The topological polar surface area (TPSA) is 15.3 Å². The zero-order chi connectivity index (χ0) is 13.8. The summed E-state index contributed by atoms with van der Waals surface area (Å²) in [7, 11) is 2.28. The predicted molar refractivity (Wildman–Crippen MR) is 80.9 cm³/mol. The quantitative estimate of drug-likeness (QED) is 0.782. The van der Waals surface area contributed by atoms with Gasteiger partial charge in [0.2, 0.25) is 0 Å². The molecule has 0 bridgehead atoms. The van der Waals surface area contributed by atoms with Crippen molar-refractivity contribution in [1.29, 1.82) is 0 Å². The Morgan fingerprint density at radius 1 is 1.33 bits per heavy atom. The number of hydrogen-bond donors (Lipinski definition) is 1. The normalized spacial score (nSPS) is 28.0. The van der Waals surface area contributed by atoms with Gasteiger partial charge in [0.1, 0.15) is 0 Å². The van der Waals surface area contributed by atoms with Crippen LogP contribution < -0.4 is 5.32 Å².